The summed E-state index contributed by atoms with van der Waals surface area (Å²) in [6.45, 7) is 4.43. The van der Waals surface area contributed by atoms with Crippen LogP contribution in [0, 0.1) is 0 Å². The van der Waals surface area contributed by atoms with Crippen LogP contribution in [0.15, 0.2) is 36.0 Å². The summed E-state index contributed by atoms with van der Waals surface area (Å²) in [5, 5.41) is 0. The maximum Gasteiger partial charge on any atom is 0.0797 e. The monoisotopic (exact) mass is 203 g/mol. The molecule has 72 valence electrons. The van der Waals surface area contributed by atoms with Crippen molar-refractivity contribution >= 4 is 11.3 Å². The number of hydrogen-bond acceptors (Lipinski definition) is 2. The van der Waals surface area contributed by atoms with Crippen molar-refractivity contribution in [3.8, 4) is 10.4 Å². The van der Waals surface area contributed by atoms with E-state index in [0.29, 0.717) is 5.92 Å². The Hall–Kier alpha value is -1.15. The molecule has 0 spiro atoms. The molecule has 2 heteroatoms. The molecule has 14 heavy (non-hydrogen) atoms. The topological polar surface area (TPSA) is 12.9 Å². The van der Waals surface area contributed by atoms with Crippen LogP contribution in [0.5, 0.6) is 0 Å². The number of nitrogens with zero attached hydrogens (tertiary/aromatic N) is 1. The molecule has 0 aliphatic heterocycles. The number of hydrogen-bond donors (Lipinski definition) is 0. The first-order valence-electron chi connectivity index (χ1n) is 4.76. The van der Waals surface area contributed by atoms with Crippen molar-refractivity contribution < 1.29 is 0 Å². The van der Waals surface area contributed by atoms with E-state index in [4.69, 9.17) is 0 Å². The summed E-state index contributed by atoms with van der Waals surface area (Å²) in [4.78, 5) is 5.33. The van der Waals surface area contributed by atoms with Crippen LogP contribution in [-0.4, -0.2) is 4.98 Å². The number of aromatic nitrogens is 1. The molecule has 0 unspecified atom stereocenters. The lowest BCUT2D eigenvalue weighted by Gasteiger charge is -2.06. The lowest BCUT2D eigenvalue weighted by Crippen LogP contribution is -1.86. The number of benzene rings is 1. The first kappa shape index (κ1) is 9.41. The van der Waals surface area contributed by atoms with Gasteiger partial charge in [-0.25, -0.2) is 0 Å². The lowest BCUT2D eigenvalue weighted by atomic mass is 10.0. The van der Waals surface area contributed by atoms with Crippen molar-refractivity contribution in [3.63, 3.8) is 0 Å². The molecule has 0 saturated carbocycles. The second kappa shape index (κ2) is 3.93. The molecule has 0 atom stereocenters. The van der Waals surface area contributed by atoms with Crippen LogP contribution >= 0.6 is 11.3 Å². The highest BCUT2D eigenvalue weighted by Gasteiger charge is 2.02. The molecule has 1 aromatic heterocycles. The maximum atomic E-state index is 4.09. The lowest BCUT2D eigenvalue weighted by molar-refractivity contribution is 0.867. The van der Waals surface area contributed by atoms with Gasteiger partial charge >= 0.3 is 0 Å². The Bertz CT molecular complexity index is 404. The van der Waals surface area contributed by atoms with E-state index in [1.54, 1.807) is 11.3 Å². The smallest absolute Gasteiger partial charge is 0.0797 e. The molecule has 1 nitrogen and oxygen atoms in total. The van der Waals surface area contributed by atoms with Crippen molar-refractivity contribution in [1.82, 2.24) is 4.98 Å². The Morgan fingerprint density at radius 3 is 2.79 bits per heavy atom. The zero-order valence-electron chi connectivity index (χ0n) is 8.40. The van der Waals surface area contributed by atoms with Crippen molar-refractivity contribution in [3.05, 3.63) is 41.5 Å². The summed E-state index contributed by atoms with van der Waals surface area (Å²) in [6, 6.07) is 8.68. The largest absolute Gasteiger partial charge is 0.252 e. The number of thiazole rings is 1. The second-order valence-electron chi connectivity index (χ2n) is 3.65. The predicted molar refractivity (Wildman–Crippen MR) is 61.6 cm³/mol. The van der Waals surface area contributed by atoms with Gasteiger partial charge in [0.05, 0.1) is 10.4 Å². The highest BCUT2D eigenvalue weighted by molar-refractivity contribution is 7.13. The van der Waals surface area contributed by atoms with Crippen LogP contribution in [0.3, 0.4) is 0 Å². The van der Waals surface area contributed by atoms with Gasteiger partial charge in [-0.3, -0.25) is 4.98 Å². The fraction of sp³-hybridized carbons (Fsp3) is 0.250. The van der Waals surface area contributed by atoms with E-state index in [1.165, 1.54) is 16.0 Å². The van der Waals surface area contributed by atoms with E-state index in [0.717, 1.165) is 0 Å². The van der Waals surface area contributed by atoms with Gasteiger partial charge in [0.25, 0.3) is 0 Å². The third-order valence-corrected chi connectivity index (χ3v) is 3.09. The summed E-state index contributed by atoms with van der Waals surface area (Å²) >= 11 is 1.69. The zero-order chi connectivity index (χ0) is 9.97. The summed E-state index contributed by atoms with van der Waals surface area (Å²) in [5.74, 6) is 0.586. The van der Waals surface area contributed by atoms with Gasteiger partial charge in [0.1, 0.15) is 0 Å². The van der Waals surface area contributed by atoms with E-state index < -0.39 is 0 Å². The minimum atomic E-state index is 0.586. The van der Waals surface area contributed by atoms with Gasteiger partial charge in [-0.1, -0.05) is 38.1 Å². The average molecular weight is 203 g/mol. The Morgan fingerprint density at radius 1 is 1.29 bits per heavy atom. The van der Waals surface area contributed by atoms with E-state index in [2.05, 4.69) is 43.1 Å². The van der Waals surface area contributed by atoms with Gasteiger partial charge in [-0.15, -0.1) is 11.3 Å². The molecule has 0 N–H and O–H groups in total. The molecule has 1 aromatic carbocycles. The average Bonchev–Trinajstić information content (AvgIpc) is 2.71. The van der Waals surface area contributed by atoms with Crippen molar-refractivity contribution in [1.29, 1.82) is 0 Å². The first-order valence-corrected chi connectivity index (χ1v) is 5.64. The van der Waals surface area contributed by atoms with Crippen LogP contribution in [0.25, 0.3) is 10.4 Å². The van der Waals surface area contributed by atoms with E-state index >= 15 is 0 Å². The molecule has 0 bridgehead atoms. The van der Waals surface area contributed by atoms with Crippen LogP contribution < -0.4 is 0 Å². The molecule has 1 heterocycles. The summed E-state index contributed by atoms with van der Waals surface area (Å²) in [7, 11) is 0. The summed E-state index contributed by atoms with van der Waals surface area (Å²) in [6.07, 6.45) is 1.92. The zero-order valence-corrected chi connectivity index (χ0v) is 9.21. The third-order valence-electron chi connectivity index (χ3n) is 2.27. The highest BCUT2D eigenvalue weighted by Crippen LogP contribution is 2.26. The van der Waals surface area contributed by atoms with E-state index in [1.807, 2.05) is 11.7 Å². The molecular formula is C12H13NS. The van der Waals surface area contributed by atoms with Gasteiger partial charge in [0, 0.05) is 6.20 Å². The van der Waals surface area contributed by atoms with Crippen molar-refractivity contribution in [2.75, 3.05) is 0 Å². The minimum absolute atomic E-state index is 0.586. The highest BCUT2D eigenvalue weighted by atomic mass is 32.1. The molecular weight excluding hydrogens is 190 g/mol. The SMILES string of the molecule is CC(C)c1cccc(-c2cncs2)c1. The van der Waals surface area contributed by atoms with E-state index in [-0.39, 0.29) is 0 Å². The summed E-state index contributed by atoms with van der Waals surface area (Å²) < 4.78 is 0. The number of rotatable bonds is 2. The normalized spacial score (nSPS) is 10.8. The molecule has 0 saturated heterocycles. The first-order chi connectivity index (χ1) is 6.77. The molecule has 2 aromatic rings. The second-order valence-corrected chi connectivity index (χ2v) is 4.53. The van der Waals surface area contributed by atoms with Crippen LogP contribution in [0.2, 0.25) is 0 Å². The van der Waals surface area contributed by atoms with Gasteiger partial charge in [-0.05, 0) is 17.0 Å². The fourth-order valence-corrected chi connectivity index (χ4v) is 2.03. The third kappa shape index (κ3) is 1.85. The standard InChI is InChI=1S/C12H13NS/c1-9(2)10-4-3-5-11(6-10)12-7-13-8-14-12/h3-9H,1-2H3. The maximum absolute atomic E-state index is 4.09. The van der Waals surface area contributed by atoms with Crippen LogP contribution in [0.1, 0.15) is 25.3 Å². The Balaban J connectivity index is 2.41. The van der Waals surface area contributed by atoms with Gasteiger partial charge < -0.3 is 0 Å². The van der Waals surface area contributed by atoms with E-state index in [9.17, 15) is 0 Å². The molecule has 2 rings (SSSR count). The molecule has 0 aliphatic carbocycles. The van der Waals surface area contributed by atoms with Crippen molar-refractivity contribution in [2.45, 2.75) is 19.8 Å². The minimum Gasteiger partial charge on any atom is -0.252 e. The quantitative estimate of drug-likeness (QED) is 0.720. The summed E-state index contributed by atoms with van der Waals surface area (Å²) in [5.41, 5.74) is 4.53. The fourth-order valence-electron chi connectivity index (χ4n) is 1.41. The molecule has 0 aliphatic rings. The molecule has 0 fully saturated rings. The Kier molecular flexibility index (Phi) is 2.64. The Morgan fingerprint density at radius 2 is 2.14 bits per heavy atom. The van der Waals surface area contributed by atoms with Crippen LogP contribution in [0.4, 0.5) is 0 Å². The van der Waals surface area contributed by atoms with Gasteiger partial charge in [-0.2, -0.15) is 0 Å². The Labute approximate surface area is 88.4 Å². The van der Waals surface area contributed by atoms with Crippen molar-refractivity contribution in [2.24, 2.45) is 0 Å². The molecule has 0 radical (unpaired) electrons. The van der Waals surface area contributed by atoms with Crippen LogP contribution in [-0.2, 0) is 0 Å². The predicted octanol–water partition coefficient (Wildman–Crippen LogP) is 3.93. The van der Waals surface area contributed by atoms with Gasteiger partial charge in [0.15, 0.2) is 0 Å². The molecule has 0 amide bonds. The van der Waals surface area contributed by atoms with Gasteiger partial charge in [0.2, 0.25) is 0 Å².